The smallest absolute Gasteiger partial charge is 0.261 e. The fourth-order valence-electron chi connectivity index (χ4n) is 3.07. The Hall–Kier alpha value is -1.85. The zero-order valence-electron chi connectivity index (χ0n) is 14.7. The molecule has 0 radical (unpaired) electrons. The third-order valence-electron chi connectivity index (χ3n) is 4.48. The lowest BCUT2D eigenvalue weighted by atomic mass is 9.90. The summed E-state index contributed by atoms with van der Waals surface area (Å²) in [6.07, 6.45) is 2.59. The first-order valence-corrected chi connectivity index (χ1v) is 9.60. The molecule has 4 nitrogen and oxygen atoms in total. The van der Waals surface area contributed by atoms with Gasteiger partial charge in [-0.15, -0.1) is 11.3 Å². The van der Waals surface area contributed by atoms with Crippen molar-refractivity contribution in [1.82, 2.24) is 5.32 Å². The molecule has 1 aliphatic carbocycles. The average Bonchev–Trinajstić information content (AvgIpc) is 3.01. The molecule has 0 aliphatic heterocycles. The van der Waals surface area contributed by atoms with E-state index in [0.717, 1.165) is 29.0 Å². The van der Waals surface area contributed by atoms with E-state index in [4.69, 9.17) is 4.74 Å². The molecular weight excluding hydrogens is 334 g/mol. The second-order valence-electron chi connectivity index (χ2n) is 6.90. The minimum Gasteiger partial charge on any atom is -0.491 e. The van der Waals surface area contributed by atoms with E-state index in [1.807, 2.05) is 37.3 Å². The third-order valence-corrected chi connectivity index (χ3v) is 5.72. The Morgan fingerprint density at radius 3 is 3.08 bits per heavy atom. The molecule has 0 saturated carbocycles. The first-order chi connectivity index (χ1) is 12.0. The van der Waals surface area contributed by atoms with E-state index < -0.39 is 6.10 Å². The van der Waals surface area contributed by atoms with Crippen LogP contribution in [0.2, 0.25) is 0 Å². The Labute approximate surface area is 152 Å². The lowest BCUT2D eigenvalue weighted by Crippen LogP contribution is -2.35. The minimum absolute atomic E-state index is 0.110. The van der Waals surface area contributed by atoms with Crippen LogP contribution in [0.25, 0.3) is 0 Å². The number of fused-ring (bicyclic) bond motifs is 1. The molecule has 0 saturated heterocycles. The van der Waals surface area contributed by atoms with Gasteiger partial charge in [0.2, 0.25) is 0 Å². The van der Waals surface area contributed by atoms with E-state index in [-0.39, 0.29) is 19.1 Å². The topological polar surface area (TPSA) is 58.6 Å². The number of aryl methyl sites for hydroxylation is 2. The molecule has 1 aliphatic rings. The summed E-state index contributed by atoms with van der Waals surface area (Å²) in [4.78, 5) is 14.4. The minimum atomic E-state index is -0.737. The lowest BCUT2D eigenvalue weighted by molar-refractivity contribution is 0.0847. The Balaban J connectivity index is 1.47. The fourth-order valence-corrected chi connectivity index (χ4v) is 4.20. The molecule has 2 atom stereocenters. The van der Waals surface area contributed by atoms with Gasteiger partial charge in [0.25, 0.3) is 5.91 Å². The molecule has 134 valence electrons. The van der Waals surface area contributed by atoms with Crippen molar-refractivity contribution in [2.75, 3.05) is 13.2 Å². The maximum absolute atomic E-state index is 12.3. The zero-order valence-corrected chi connectivity index (χ0v) is 15.6. The number of hydrogen-bond donors (Lipinski definition) is 2. The van der Waals surface area contributed by atoms with Gasteiger partial charge in [0.15, 0.2) is 0 Å². The number of benzene rings is 1. The molecule has 1 aromatic heterocycles. The van der Waals surface area contributed by atoms with Crippen LogP contribution in [0.1, 0.15) is 39.0 Å². The van der Waals surface area contributed by atoms with E-state index in [2.05, 4.69) is 12.2 Å². The highest BCUT2D eigenvalue weighted by Crippen LogP contribution is 2.32. The molecule has 1 heterocycles. The van der Waals surface area contributed by atoms with Gasteiger partial charge < -0.3 is 15.2 Å². The molecule has 2 N–H and O–H groups in total. The molecule has 0 fully saturated rings. The summed E-state index contributed by atoms with van der Waals surface area (Å²) in [5, 5.41) is 12.8. The van der Waals surface area contributed by atoms with Gasteiger partial charge >= 0.3 is 0 Å². The van der Waals surface area contributed by atoms with E-state index in [1.165, 1.54) is 16.9 Å². The van der Waals surface area contributed by atoms with E-state index in [0.29, 0.717) is 5.92 Å². The molecule has 3 rings (SSSR count). The van der Waals surface area contributed by atoms with Crippen LogP contribution in [0.3, 0.4) is 0 Å². The van der Waals surface area contributed by atoms with Gasteiger partial charge in [-0.3, -0.25) is 4.79 Å². The molecule has 25 heavy (non-hydrogen) atoms. The number of thiophene rings is 1. The van der Waals surface area contributed by atoms with Crippen molar-refractivity contribution in [3.63, 3.8) is 0 Å². The van der Waals surface area contributed by atoms with Crippen molar-refractivity contribution >= 4 is 17.2 Å². The highest BCUT2D eigenvalue weighted by atomic mass is 32.1. The maximum atomic E-state index is 12.3. The van der Waals surface area contributed by atoms with Crippen molar-refractivity contribution in [2.45, 2.75) is 39.2 Å². The van der Waals surface area contributed by atoms with Crippen LogP contribution in [-0.2, 0) is 12.8 Å². The number of hydrogen-bond acceptors (Lipinski definition) is 4. The van der Waals surface area contributed by atoms with Crippen LogP contribution in [0, 0.1) is 12.8 Å². The molecule has 0 bridgehead atoms. The van der Waals surface area contributed by atoms with Gasteiger partial charge in [0, 0.05) is 11.4 Å². The number of aliphatic hydroxyl groups is 1. The number of amides is 1. The van der Waals surface area contributed by atoms with E-state index >= 15 is 0 Å². The van der Waals surface area contributed by atoms with Crippen molar-refractivity contribution in [1.29, 1.82) is 0 Å². The van der Waals surface area contributed by atoms with E-state index in [9.17, 15) is 9.90 Å². The largest absolute Gasteiger partial charge is 0.491 e. The zero-order chi connectivity index (χ0) is 17.8. The number of aliphatic hydroxyl groups excluding tert-OH is 1. The second-order valence-corrected chi connectivity index (χ2v) is 8.04. The van der Waals surface area contributed by atoms with Crippen molar-refractivity contribution in [2.24, 2.45) is 5.92 Å². The molecule has 5 heteroatoms. The standard InChI is InChI=1S/C20H25NO3S/c1-13-4-3-5-17(9-13)24-12-16(22)11-21-20(23)19-10-15-8-14(2)6-7-18(15)25-19/h3-5,9-10,14,16,22H,6-8,11-12H2,1-2H3,(H,21,23)/t14-,16-/m0/s1. The Morgan fingerprint density at radius 1 is 1.44 bits per heavy atom. The Bertz CT molecular complexity index is 740. The molecule has 1 aromatic carbocycles. The number of rotatable bonds is 6. The van der Waals surface area contributed by atoms with Crippen LogP contribution < -0.4 is 10.1 Å². The van der Waals surface area contributed by atoms with Gasteiger partial charge in [-0.1, -0.05) is 19.1 Å². The summed E-state index contributed by atoms with van der Waals surface area (Å²) >= 11 is 1.58. The van der Waals surface area contributed by atoms with Gasteiger partial charge in [-0.05, 0) is 61.4 Å². The molecular formula is C20H25NO3S. The summed E-state index contributed by atoms with van der Waals surface area (Å²) in [5.74, 6) is 1.31. The first-order valence-electron chi connectivity index (χ1n) is 8.78. The summed E-state index contributed by atoms with van der Waals surface area (Å²) in [5.41, 5.74) is 2.42. The SMILES string of the molecule is Cc1cccc(OC[C@@H](O)CNC(=O)c2cc3c(s2)CC[C@H](C)C3)c1. The Kier molecular flexibility index (Phi) is 5.76. The third kappa shape index (κ3) is 4.83. The van der Waals surface area contributed by atoms with Crippen LogP contribution >= 0.6 is 11.3 Å². The summed E-state index contributed by atoms with van der Waals surface area (Å²) in [6.45, 7) is 4.58. The fraction of sp³-hybridized carbons (Fsp3) is 0.450. The number of ether oxygens (including phenoxy) is 1. The maximum Gasteiger partial charge on any atom is 0.261 e. The molecule has 0 unspecified atom stereocenters. The van der Waals surface area contributed by atoms with Gasteiger partial charge in [0.05, 0.1) is 4.88 Å². The predicted molar refractivity (Wildman–Crippen MR) is 101 cm³/mol. The van der Waals surface area contributed by atoms with Crippen LogP contribution in [0.15, 0.2) is 30.3 Å². The summed E-state index contributed by atoms with van der Waals surface area (Å²) in [7, 11) is 0. The van der Waals surface area contributed by atoms with Crippen LogP contribution in [-0.4, -0.2) is 30.3 Å². The number of carbonyl (C=O) groups excluding carboxylic acids is 1. The van der Waals surface area contributed by atoms with Gasteiger partial charge in [-0.25, -0.2) is 0 Å². The second kappa shape index (κ2) is 8.02. The van der Waals surface area contributed by atoms with Crippen LogP contribution in [0.5, 0.6) is 5.75 Å². The quantitative estimate of drug-likeness (QED) is 0.831. The average molecular weight is 359 g/mol. The first kappa shape index (κ1) is 18.0. The number of carbonyl (C=O) groups is 1. The summed E-state index contributed by atoms with van der Waals surface area (Å²) < 4.78 is 5.57. The van der Waals surface area contributed by atoms with Gasteiger partial charge in [0.1, 0.15) is 18.5 Å². The van der Waals surface area contributed by atoms with E-state index in [1.54, 1.807) is 11.3 Å². The number of nitrogens with one attached hydrogen (secondary N) is 1. The molecule has 0 spiro atoms. The highest BCUT2D eigenvalue weighted by molar-refractivity contribution is 7.14. The normalized spacial score (nSPS) is 17.6. The van der Waals surface area contributed by atoms with Crippen molar-refractivity contribution in [3.05, 3.63) is 51.2 Å². The van der Waals surface area contributed by atoms with Crippen molar-refractivity contribution < 1.29 is 14.6 Å². The molecule has 2 aromatic rings. The Morgan fingerprint density at radius 2 is 2.28 bits per heavy atom. The van der Waals surface area contributed by atoms with Crippen molar-refractivity contribution in [3.8, 4) is 5.75 Å². The van der Waals surface area contributed by atoms with Crippen LogP contribution in [0.4, 0.5) is 0 Å². The summed E-state index contributed by atoms with van der Waals surface area (Å²) in [6, 6.07) is 9.70. The highest BCUT2D eigenvalue weighted by Gasteiger charge is 2.21. The molecule has 1 amide bonds. The predicted octanol–water partition coefficient (Wildman–Crippen LogP) is 3.35. The van der Waals surface area contributed by atoms with Gasteiger partial charge in [-0.2, -0.15) is 0 Å². The monoisotopic (exact) mass is 359 g/mol. The lowest BCUT2D eigenvalue weighted by Gasteiger charge is -2.16.